The van der Waals surface area contributed by atoms with Gasteiger partial charge >= 0.3 is 13.3 Å². The molecule has 1 heterocycles. The van der Waals surface area contributed by atoms with E-state index in [0.29, 0.717) is 10.3 Å². The summed E-state index contributed by atoms with van der Waals surface area (Å²) in [7, 11) is 0.122. The summed E-state index contributed by atoms with van der Waals surface area (Å²) in [6.45, 7) is 3.24. The van der Waals surface area contributed by atoms with Crippen molar-refractivity contribution in [1.82, 2.24) is 9.55 Å². The Balaban J connectivity index is 3.26. The molecule has 25 heavy (non-hydrogen) atoms. The molecule has 0 aliphatic heterocycles. The molecule has 142 valence electrons. The van der Waals surface area contributed by atoms with Gasteiger partial charge in [0.25, 0.3) is 0 Å². The van der Waals surface area contributed by atoms with Gasteiger partial charge in [0.1, 0.15) is 11.7 Å². The van der Waals surface area contributed by atoms with E-state index in [1.165, 1.54) is 39.7 Å². The average Bonchev–Trinajstić information content (AvgIpc) is 2.62. The van der Waals surface area contributed by atoms with Gasteiger partial charge in [-0.2, -0.15) is 4.98 Å². The van der Waals surface area contributed by atoms with Crippen LogP contribution in [0.15, 0.2) is 29.0 Å². The van der Waals surface area contributed by atoms with Crippen molar-refractivity contribution in [3.63, 3.8) is 0 Å². The van der Waals surface area contributed by atoms with E-state index in [0.717, 1.165) is 5.82 Å². The number of aryl methyl sites for hydroxylation is 1. The minimum absolute atomic E-state index is 0.128. The zero-order valence-corrected chi connectivity index (χ0v) is 15.8. The lowest BCUT2D eigenvalue weighted by molar-refractivity contribution is -0.119. The highest BCUT2D eigenvalue weighted by molar-refractivity contribution is 7.57. The lowest BCUT2D eigenvalue weighted by atomic mass is 9.92. The maximum Gasteiger partial charge on any atom is 0.353 e. The summed E-state index contributed by atoms with van der Waals surface area (Å²) in [5.74, 6) is 1.09. The van der Waals surface area contributed by atoms with Crippen LogP contribution in [-0.4, -0.2) is 47.7 Å². The normalized spacial score (nSPS) is 17.4. The molecule has 0 aliphatic rings. The fourth-order valence-corrected chi connectivity index (χ4v) is 3.07. The fraction of sp³-hybridized carbons (Fsp3) is 0.600. The van der Waals surface area contributed by atoms with Crippen LogP contribution in [0.25, 0.3) is 0 Å². The number of aliphatic hydroxyl groups excluding tert-OH is 1. The number of alkyl halides is 1. The molecule has 1 aromatic rings. The van der Waals surface area contributed by atoms with Gasteiger partial charge in [0.15, 0.2) is 0 Å². The quantitative estimate of drug-likeness (QED) is 0.658. The SMILES string of the molecule is CC[C@](/C=C/P(=O)(OC)OC)(OC)[C@@H](O)[C@@H](F)n1ccc(C)nc1=O. The Hall–Kier alpha value is -1.38. The van der Waals surface area contributed by atoms with E-state index >= 15 is 0 Å². The van der Waals surface area contributed by atoms with Crippen LogP contribution < -0.4 is 5.69 Å². The maximum absolute atomic E-state index is 14.8. The first-order valence-electron chi connectivity index (χ1n) is 7.53. The van der Waals surface area contributed by atoms with E-state index in [-0.39, 0.29) is 6.42 Å². The molecular weight excluding hydrogens is 354 g/mol. The first kappa shape index (κ1) is 21.7. The van der Waals surface area contributed by atoms with Crippen molar-refractivity contribution in [2.75, 3.05) is 21.3 Å². The molecule has 0 unspecified atom stereocenters. The Morgan fingerprint density at radius 3 is 2.48 bits per heavy atom. The zero-order valence-electron chi connectivity index (χ0n) is 14.9. The predicted octanol–water partition coefficient (Wildman–Crippen LogP) is 2.18. The predicted molar refractivity (Wildman–Crippen MR) is 90.2 cm³/mol. The lowest BCUT2D eigenvalue weighted by Gasteiger charge is -2.35. The number of hydrogen-bond acceptors (Lipinski definition) is 7. The molecule has 8 nitrogen and oxygen atoms in total. The minimum atomic E-state index is -3.54. The van der Waals surface area contributed by atoms with Crippen molar-refractivity contribution in [3.8, 4) is 0 Å². The van der Waals surface area contributed by atoms with Crippen molar-refractivity contribution in [1.29, 1.82) is 0 Å². The van der Waals surface area contributed by atoms with Crippen LogP contribution >= 0.6 is 7.60 Å². The summed E-state index contributed by atoms with van der Waals surface area (Å²) in [5.41, 5.74) is -1.97. The molecule has 1 rings (SSSR count). The molecule has 0 bridgehead atoms. The molecule has 0 aromatic carbocycles. The molecule has 0 aliphatic carbocycles. The van der Waals surface area contributed by atoms with Crippen molar-refractivity contribution in [3.05, 3.63) is 40.3 Å². The second-order valence-electron chi connectivity index (χ2n) is 5.31. The van der Waals surface area contributed by atoms with Crippen LogP contribution in [0.2, 0.25) is 0 Å². The summed E-state index contributed by atoms with van der Waals surface area (Å²) in [6.07, 6.45) is -1.35. The van der Waals surface area contributed by atoms with Gasteiger partial charge in [0, 0.05) is 39.0 Å². The Bertz CT molecular complexity index is 696. The number of nitrogens with zero attached hydrogens (tertiary/aromatic N) is 2. The molecule has 3 atom stereocenters. The molecule has 0 amide bonds. The summed E-state index contributed by atoms with van der Waals surface area (Å²) in [4.78, 5) is 15.5. The van der Waals surface area contributed by atoms with E-state index in [1.807, 2.05) is 0 Å². The van der Waals surface area contributed by atoms with Gasteiger partial charge in [-0.05, 0) is 25.5 Å². The Labute approximate surface area is 145 Å². The molecule has 0 fully saturated rings. The van der Waals surface area contributed by atoms with Gasteiger partial charge in [-0.3, -0.25) is 9.13 Å². The van der Waals surface area contributed by atoms with Gasteiger partial charge in [-0.25, -0.2) is 9.18 Å². The highest BCUT2D eigenvalue weighted by atomic mass is 31.2. The zero-order chi connectivity index (χ0) is 19.3. The highest BCUT2D eigenvalue weighted by Gasteiger charge is 2.41. The van der Waals surface area contributed by atoms with Gasteiger partial charge in [-0.15, -0.1) is 0 Å². The number of halogens is 1. The Morgan fingerprint density at radius 2 is 2.04 bits per heavy atom. The van der Waals surface area contributed by atoms with E-state index in [1.54, 1.807) is 13.8 Å². The monoisotopic (exact) mass is 378 g/mol. The van der Waals surface area contributed by atoms with E-state index < -0.39 is 31.3 Å². The van der Waals surface area contributed by atoms with Crippen LogP contribution in [-0.2, 0) is 18.3 Å². The number of hydrogen-bond donors (Lipinski definition) is 1. The third-order valence-electron chi connectivity index (χ3n) is 3.98. The largest absolute Gasteiger partial charge is 0.385 e. The second kappa shape index (κ2) is 8.82. The minimum Gasteiger partial charge on any atom is -0.385 e. The van der Waals surface area contributed by atoms with Gasteiger partial charge < -0.3 is 18.9 Å². The standard InChI is InChI=1S/C15H24FN2O6P/c1-6-15(22-3,8-10-25(21,23-4)24-5)12(19)13(16)18-9-7-11(2)17-14(18)20/h7-10,12-13,19H,6H2,1-5H3/b10-8+/t12-,13-,15+/m0/s1. The van der Waals surface area contributed by atoms with E-state index in [4.69, 9.17) is 13.8 Å². The highest BCUT2D eigenvalue weighted by Crippen LogP contribution is 2.49. The Morgan fingerprint density at radius 1 is 1.44 bits per heavy atom. The molecule has 0 spiro atoms. The maximum atomic E-state index is 14.8. The van der Waals surface area contributed by atoms with Crippen LogP contribution in [0.5, 0.6) is 0 Å². The van der Waals surface area contributed by atoms with Crippen molar-refractivity contribution >= 4 is 7.60 Å². The average molecular weight is 378 g/mol. The molecule has 0 saturated heterocycles. The summed E-state index contributed by atoms with van der Waals surface area (Å²) < 4.78 is 42.5. The van der Waals surface area contributed by atoms with Crippen LogP contribution in [0, 0.1) is 6.92 Å². The smallest absolute Gasteiger partial charge is 0.353 e. The van der Waals surface area contributed by atoms with Crippen LogP contribution in [0.3, 0.4) is 0 Å². The first-order chi connectivity index (χ1) is 11.7. The molecule has 1 N–H and O–H groups in total. The molecule has 0 radical (unpaired) electrons. The number of rotatable bonds is 9. The third-order valence-corrected chi connectivity index (χ3v) is 5.51. The summed E-state index contributed by atoms with van der Waals surface area (Å²) in [5, 5.41) is 10.5. The molecule has 0 saturated carbocycles. The van der Waals surface area contributed by atoms with Gasteiger partial charge in [-0.1, -0.05) is 6.92 Å². The fourth-order valence-electron chi connectivity index (χ4n) is 2.24. The summed E-state index contributed by atoms with van der Waals surface area (Å²) >= 11 is 0. The van der Waals surface area contributed by atoms with Gasteiger partial charge in [0.2, 0.25) is 6.30 Å². The lowest BCUT2D eigenvalue weighted by Crippen LogP contribution is -2.47. The van der Waals surface area contributed by atoms with E-state index in [2.05, 4.69) is 4.98 Å². The topological polar surface area (TPSA) is 99.9 Å². The number of aromatic nitrogens is 2. The van der Waals surface area contributed by atoms with E-state index in [9.17, 15) is 18.9 Å². The van der Waals surface area contributed by atoms with Crippen molar-refractivity contribution in [2.45, 2.75) is 38.3 Å². The Kier molecular flexibility index (Phi) is 7.64. The molecular formula is C15H24FN2O6P. The molecule has 10 heteroatoms. The number of ether oxygens (including phenoxy) is 1. The van der Waals surface area contributed by atoms with Crippen LogP contribution in [0.1, 0.15) is 25.3 Å². The van der Waals surface area contributed by atoms with Gasteiger partial charge in [0.05, 0.1) is 0 Å². The summed E-state index contributed by atoms with van der Waals surface area (Å²) in [6, 6.07) is 1.45. The second-order valence-corrected chi connectivity index (χ2v) is 7.42. The molecule has 1 aromatic heterocycles. The number of aliphatic hydroxyl groups is 1. The number of methoxy groups -OCH3 is 1. The van der Waals surface area contributed by atoms with Crippen molar-refractivity contribution < 1.29 is 27.8 Å². The van der Waals surface area contributed by atoms with Crippen LogP contribution in [0.4, 0.5) is 4.39 Å². The third kappa shape index (κ3) is 4.83. The first-order valence-corrected chi connectivity index (χ1v) is 9.14. The van der Waals surface area contributed by atoms with Crippen molar-refractivity contribution in [2.24, 2.45) is 0 Å².